The number of rotatable bonds is 4. The lowest BCUT2D eigenvalue weighted by Gasteiger charge is -2.10. The summed E-state index contributed by atoms with van der Waals surface area (Å²) in [7, 11) is 0. The van der Waals surface area contributed by atoms with Crippen LogP contribution in [0.2, 0.25) is 5.02 Å². The molecule has 0 radical (unpaired) electrons. The number of hydrogen-bond acceptors (Lipinski definition) is 2. The molecule has 0 saturated heterocycles. The van der Waals surface area contributed by atoms with E-state index in [1.54, 1.807) is 6.07 Å². The predicted molar refractivity (Wildman–Crippen MR) is 78.1 cm³/mol. The quantitative estimate of drug-likeness (QED) is 0.925. The normalized spacial score (nSPS) is 10.4. The maximum Gasteiger partial charge on any atom is 0.122 e. The molecule has 1 aromatic heterocycles. The molecule has 0 unspecified atom stereocenters. The second-order valence-electron chi connectivity index (χ2n) is 4.50. The zero-order valence-electron chi connectivity index (χ0n) is 10.9. The van der Waals surface area contributed by atoms with Crippen LogP contribution < -0.4 is 5.73 Å². The fourth-order valence-corrected chi connectivity index (χ4v) is 2.43. The van der Waals surface area contributed by atoms with E-state index < -0.39 is 0 Å². The van der Waals surface area contributed by atoms with Crippen molar-refractivity contribution in [1.82, 2.24) is 4.57 Å². The van der Waals surface area contributed by atoms with E-state index in [0.29, 0.717) is 22.8 Å². The fraction of sp³-hybridized carbons (Fsp3) is 0.267. The molecular weight excluding hydrogens is 258 g/mol. The van der Waals surface area contributed by atoms with E-state index in [9.17, 15) is 0 Å². The zero-order valence-corrected chi connectivity index (χ0v) is 11.6. The van der Waals surface area contributed by atoms with E-state index in [1.165, 1.54) is 0 Å². The van der Waals surface area contributed by atoms with E-state index >= 15 is 0 Å². The molecule has 1 heterocycles. The summed E-state index contributed by atoms with van der Waals surface area (Å²) in [6.07, 6.45) is 1.65. The Bertz CT molecular complexity index is 623. The molecule has 0 fully saturated rings. The lowest BCUT2D eigenvalue weighted by atomic mass is 10.1. The second kappa shape index (κ2) is 5.81. The standard InChI is InChI=1S/C15H16ClN3/c1-2-6-19-13(10-17)9-14(18)15(19)8-11-4-3-5-12(16)7-11/h3-5,7,9H,2,6,8,18H2,1H3. The summed E-state index contributed by atoms with van der Waals surface area (Å²) in [5.41, 5.74) is 9.41. The van der Waals surface area contributed by atoms with Crippen molar-refractivity contribution in [3.05, 3.63) is 52.3 Å². The first kappa shape index (κ1) is 13.5. The highest BCUT2D eigenvalue weighted by atomic mass is 35.5. The Kier molecular flexibility index (Phi) is 4.13. The first-order valence-corrected chi connectivity index (χ1v) is 6.66. The van der Waals surface area contributed by atoms with Crippen LogP contribution in [0.5, 0.6) is 0 Å². The SMILES string of the molecule is CCCn1c(C#N)cc(N)c1Cc1cccc(Cl)c1. The summed E-state index contributed by atoms with van der Waals surface area (Å²) in [4.78, 5) is 0. The van der Waals surface area contributed by atoms with Gasteiger partial charge >= 0.3 is 0 Å². The average molecular weight is 274 g/mol. The van der Waals surface area contributed by atoms with Crippen molar-refractivity contribution in [3.63, 3.8) is 0 Å². The molecule has 2 rings (SSSR count). The molecule has 0 amide bonds. The Morgan fingerprint density at radius 3 is 2.79 bits per heavy atom. The molecule has 19 heavy (non-hydrogen) atoms. The Hall–Kier alpha value is -1.92. The number of nitrogen functional groups attached to an aromatic ring is 1. The molecule has 4 heteroatoms. The first-order valence-electron chi connectivity index (χ1n) is 6.28. The molecule has 3 nitrogen and oxygen atoms in total. The van der Waals surface area contributed by atoms with Crippen LogP contribution in [-0.2, 0) is 13.0 Å². The topological polar surface area (TPSA) is 54.7 Å². The Morgan fingerprint density at radius 2 is 2.16 bits per heavy atom. The molecular formula is C15H16ClN3. The number of halogens is 1. The van der Waals surface area contributed by atoms with Gasteiger partial charge in [0.05, 0.1) is 5.69 Å². The van der Waals surface area contributed by atoms with Gasteiger partial charge in [-0.15, -0.1) is 0 Å². The number of nitrogens with zero attached hydrogens (tertiary/aromatic N) is 2. The van der Waals surface area contributed by atoms with Crippen LogP contribution in [0.4, 0.5) is 5.69 Å². The number of aromatic nitrogens is 1. The van der Waals surface area contributed by atoms with Crippen molar-refractivity contribution < 1.29 is 0 Å². The van der Waals surface area contributed by atoms with Gasteiger partial charge in [-0.1, -0.05) is 30.7 Å². The highest BCUT2D eigenvalue weighted by molar-refractivity contribution is 6.30. The molecule has 0 spiro atoms. The molecule has 0 aliphatic heterocycles. The molecule has 0 atom stereocenters. The van der Waals surface area contributed by atoms with Crippen LogP contribution in [0.1, 0.15) is 30.3 Å². The summed E-state index contributed by atoms with van der Waals surface area (Å²) in [6, 6.07) is 11.7. The van der Waals surface area contributed by atoms with Gasteiger partial charge in [-0.25, -0.2) is 0 Å². The summed E-state index contributed by atoms with van der Waals surface area (Å²) >= 11 is 5.99. The molecule has 0 saturated carbocycles. The van der Waals surface area contributed by atoms with Gasteiger partial charge in [0.1, 0.15) is 11.8 Å². The van der Waals surface area contributed by atoms with Gasteiger partial charge in [0.2, 0.25) is 0 Å². The summed E-state index contributed by atoms with van der Waals surface area (Å²) in [5.74, 6) is 0. The van der Waals surface area contributed by atoms with Crippen molar-refractivity contribution in [3.8, 4) is 6.07 Å². The Morgan fingerprint density at radius 1 is 1.37 bits per heavy atom. The third kappa shape index (κ3) is 2.91. The number of benzene rings is 1. The van der Waals surface area contributed by atoms with Crippen LogP contribution in [0.3, 0.4) is 0 Å². The average Bonchev–Trinajstić information content (AvgIpc) is 2.67. The van der Waals surface area contributed by atoms with E-state index in [0.717, 1.165) is 24.2 Å². The van der Waals surface area contributed by atoms with Crippen molar-refractivity contribution in [2.24, 2.45) is 0 Å². The second-order valence-corrected chi connectivity index (χ2v) is 4.94. The van der Waals surface area contributed by atoms with E-state index in [4.69, 9.17) is 22.6 Å². The third-order valence-electron chi connectivity index (χ3n) is 3.06. The minimum absolute atomic E-state index is 0.622. The first-order chi connectivity index (χ1) is 9.15. The lowest BCUT2D eigenvalue weighted by molar-refractivity contribution is 0.650. The fourth-order valence-electron chi connectivity index (χ4n) is 2.22. The minimum atomic E-state index is 0.622. The van der Waals surface area contributed by atoms with Gasteiger partial charge in [0.25, 0.3) is 0 Å². The number of hydrogen-bond donors (Lipinski definition) is 1. The monoisotopic (exact) mass is 273 g/mol. The van der Waals surface area contributed by atoms with Crippen LogP contribution in [0.15, 0.2) is 30.3 Å². The van der Waals surface area contributed by atoms with Gasteiger partial charge in [-0.05, 0) is 30.2 Å². The summed E-state index contributed by atoms with van der Waals surface area (Å²) < 4.78 is 2.00. The Balaban J connectivity index is 2.39. The largest absolute Gasteiger partial charge is 0.397 e. The zero-order chi connectivity index (χ0) is 13.8. The van der Waals surface area contributed by atoms with Gasteiger partial charge < -0.3 is 10.3 Å². The smallest absolute Gasteiger partial charge is 0.122 e. The molecule has 0 aliphatic rings. The van der Waals surface area contributed by atoms with Crippen LogP contribution in [0, 0.1) is 11.3 Å². The maximum absolute atomic E-state index is 9.15. The molecule has 2 N–H and O–H groups in total. The van der Waals surface area contributed by atoms with Gasteiger partial charge in [0.15, 0.2) is 0 Å². The van der Waals surface area contributed by atoms with Crippen molar-refractivity contribution >= 4 is 17.3 Å². The van der Waals surface area contributed by atoms with Gasteiger partial charge in [-0.2, -0.15) is 5.26 Å². The highest BCUT2D eigenvalue weighted by Gasteiger charge is 2.13. The predicted octanol–water partition coefficient (Wildman–Crippen LogP) is 3.60. The van der Waals surface area contributed by atoms with E-state index in [1.807, 2.05) is 28.8 Å². The van der Waals surface area contributed by atoms with Crippen LogP contribution in [0.25, 0.3) is 0 Å². The van der Waals surface area contributed by atoms with Crippen LogP contribution >= 0.6 is 11.6 Å². The summed E-state index contributed by atoms with van der Waals surface area (Å²) in [6.45, 7) is 2.89. The molecule has 2 aromatic rings. The number of anilines is 1. The van der Waals surface area contributed by atoms with Crippen molar-refractivity contribution in [2.75, 3.05) is 5.73 Å². The highest BCUT2D eigenvalue weighted by Crippen LogP contribution is 2.23. The molecule has 98 valence electrons. The number of nitrogens with two attached hydrogens (primary N) is 1. The van der Waals surface area contributed by atoms with E-state index in [-0.39, 0.29) is 0 Å². The van der Waals surface area contributed by atoms with Crippen molar-refractivity contribution in [1.29, 1.82) is 5.26 Å². The maximum atomic E-state index is 9.15. The number of nitriles is 1. The molecule has 0 bridgehead atoms. The third-order valence-corrected chi connectivity index (χ3v) is 3.30. The summed E-state index contributed by atoms with van der Waals surface area (Å²) in [5, 5.41) is 9.86. The van der Waals surface area contributed by atoms with Gasteiger partial charge in [0, 0.05) is 23.7 Å². The van der Waals surface area contributed by atoms with E-state index in [2.05, 4.69) is 13.0 Å². The molecule has 1 aromatic carbocycles. The van der Waals surface area contributed by atoms with Gasteiger partial charge in [-0.3, -0.25) is 0 Å². The lowest BCUT2D eigenvalue weighted by Crippen LogP contribution is -2.07. The van der Waals surface area contributed by atoms with Crippen LogP contribution in [-0.4, -0.2) is 4.57 Å². The van der Waals surface area contributed by atoms with Crippen molar-refractivity contribution in [2.45, 2.75) is 26.3 Å². The minimum Gasteiger partial charge on any atom is -0.397 e. The molecule has 0 aliphatic carbocycles. The Labute approximate surface area is 118 Å².